The van der Waals surface area contributed by atoms with Gasteiger partial charge in [0.1, 0.15) is 0 Å². The average molecular weight is 202 g/mol. The first kappa shape index (κ1) is 11.0. The summed E-state index contributed by atoms with van der Waals surface area (Å²) < 4.78 is 0. The van der Waals surface area contributed by atoms with Crippen LogP contribution in [0.2, 0.25) is 19.6 Å². The van der Waals surface area contributed by atoms with Gasteiger partial charge in [0.25, 0.3) is 0 Å². The van der Waals surface area contributed by atoms with Gasteiger partial charge >= 0.3 is 0 Å². The van der Waals surface area contributed by atoms with Gasteiger partial charge in [-0.15, -0.1) is 0 Å². The summed E-state index contributed by atoms with van der Waals surface area (Å²) in [5, 5.41) is 1.46. The van der Waals surface area contributed by atoms with Crippen LogP contribution in [0.1, 0.15) is 11.1 Å². The van der Waals surface area contributed by atoms with Crippen molar-refractivity contribution in [1.29, 1.82) is 0 Å². The summed E-state index contributed by atoms with van der Waals surface area (Å²) in [6.45, 7) is 14.7. The van der Waals surface area contributed by atoms with Gasteiger partial charge in [0, 0.05) is 0 Å². The van der Waals surface area contributed by atoms with Crippen LogP contribution in [0.15, 0.2) is 31.4 Å². The Morgan fingerprint density at radius 1 is 0.929 bits per heavy atom. The van der Waals surface area contributed by atoms with Crippen molar-refractivity contribution < 1.29 is 0 Å². The number of hydrogen-bond donors (Lipinski definition) is 0. The van der Waals surface area contributed by atoms with E-state index in [0.29, 0.717) is 0 Å². The second-order valence-corrected chi connectivity index (χ2v) is 9.62. The van der Waals surface area contributed by atoms with Gasteiger partial charge < -0.3 is 0 Å². The molecule has 0 nitrogen and oxygen atoms in total. The summed E-state index contributed by atoms with van der Waals surface area (Å²) in [5.74, 6) is 0. The predicted molar refractivity (Wildman–Crippen MR) is 69.6 cm³/mol. The molecule has 0 radical (unpaired) electrons. The first-order valence-electron chi connectivity index (χ1n) is 4.88. The molecule has 1 rings (SSSR count). The maximum atomic E-state index is 3.81. The third-order valence-corrected chi connectivity index (χ3v) is 4.34. The minimum atomic E-state index is -1.22. The molecule has 1 heteroatoms. The van der Waals surface area contributed by atoms with Crippen molar-refractivity contribution in [2.75, 3.05) is 0 Å². The highest BCUT2D eigenvalue weighted by atomic mass is 28.3. The van der Waals surface area contributed by atoms with Crippen molar-refractivity contribution in [3.63, 3.8) is 0 Å². The van der Waals surface area contributed by atoms with Gasteiger partial charge in [-0.3, -0.25) is 0 Å². The number of hydrogen-bond acceptors (Lipinski definition) is 0. The van der Waals surface area contributed by atoms with Crippen molar-refractivity contribution >= 4 is 25.4 Å². The molecule has 1 aromatic rings. The van der Waals surface area contributed by atoms with Crippen LogP contribution < -0.4 is 5.19 Å². The molecular weight excluding hydrogens is 184 g/mol. The standard InChI is InChI=1S/C13H18Si/c1-6-11-8-12(7-2)10-13(9-11)14(3,4)5/h6-10H,1-2H2,3-5H3. The Morgan fingerprint density at radius 2 is 1.36 bits per heavy atom. The van der Waals surface area contributed by atoms with E-state index in [1.165, 1.54) is 16.3 Å². The Hall–Kier alpha value is -1.08. The van der Waals surface area contributed by atoms with Gasteiger partial charge in [-0.1, -0.05) is 62.3 Å². The van der Waals surface area contributed by atoms with Crippen LogP contribution in [-0.2, 0) is 0 Å². The fourth-order valence-electron chi connectivity index (χ4n) is 1.35. The highest BCUT2D eigenvalue weighted by Gasteiger charge is 2.16. The third-order valence-electron chi connectivity index (χ3n) is 2.32. The zero-order chi connectivity index (χ0) is 10.8. The van der Waals surface area contributed by atoms with Gasteiger partial charge in [0.05, 0.1) is 8.07 Å². The topological polar surface area (TPSA) is 0 Å². The molecule has 0 spiro atoms. The summed E-state index contributed by atoms with van der Waals surface area (Å²) in [5.41, 5.74) is 2.39. The molecule has 0 aromatic heterocycles. The molecule has 0 heterocycles. The minimum Gasteiger partial charge on any atom is -0.0985 e. The van der Waals surface area contributed by atoms with E-state index in [1.807, 2.05) is 12.2 Å². The molecule has 0 saturated carbocycles. The third kappa shape index (κ3) is 2.45. The Balaban J connectivity index is 3.31. The molecule has 0 amide bonds. The summed E-state index contributed by atoms with van der Waals surface area (Å²) in [6.07, 6.45) is 3.80. The zero-order valence-electron chi connectivity index (χ0n) is 9.30. The van der Waals surface area contributed by atoms with E-state index in [0.717, 1.165) is 0 Å². The summed E-state index contributed by atoms with van der Waals surface area (Å²) in [4.78, 5) is 0. The Morgan fingerprint density at radius 3 is 1.64 bits per heavy atom. The highest BCUT2D eigenvalue weighted by Crippen LogP contribution is 2.10. The number of rotatable bonds is 3. The van der Waals surface area contributed by atoms with Gasteiger partial charge in [0.15, 0.2) is 0 Å². The van der Waals surface area contributed by atoms with Crippen LogP contribution in [0.25, 0.3) is 12.2 Å². The molecule has 0 atom stereocenters. The van der Waals surface area contributed by atoms with Crippen molar-refractivity contribution in [2.45, 2.75) is 19.6 Å². The molecule has 0 aliphatic carbocycles. The van der Waals surface area contributed by atoms with Gasteiger partial charge in [-0.05, 0) is 17.2 Å². The van der Waals surface area contributed by atoms with E-state index in [4.69, 9.17) is 0 Å². The maximum absolute atomic E-state index is 3.81. The van der Waals surface area contributed by atoms with E-state index in [2.05, 4.69) is 51.0 Å². The second kappa shape index (κ2) is 3.97. The maximum Gasteiger partial charge on any atom is 0.0776 e. The fraction of sp³-hybridized carbons (Fsp3) is 0.231. The average Bonchev–Trinajstić information content (AvgIpc) is 2.15. The van der Waals surface area contributed by atoms with Crippen molar-refractivity contribution in [2.24, 2.45) is 0 Å². The lowest BCUT2D eigenvalue weighted by molar-refractivity contribution is 1.62. The SMILES string of the molecule is C=Cc1cc(C=C)cc([Si](C)(C)C)c1. The Kier molecular flexibility index (Phi) is 3.12. The molecule has 74 valence electrons. The zero-order valence-corrected chi connectivity index (χ0v) is 10.3. The van der Waals surface area contributed by atoms with Crippen LogP contribution in [0.3, 0.4) is 0 Å². The first-order chi connectivity index (χ1) is 6.47. The van der Waals surface area contributed by atoms with Crippen LogP contribution in [0.5, 0.6) is 0 Å². The molecule has 0 saturated heterocycles. The van der Waals surface area contributed by atoms with Crippen LogP contribution in [0, 0.1) is 0 Å². The molecule has 0 aliphatic heterocycles. The monoisotopic (exact) mass is 202 g/mol. The normalized spacial score (nSPS) is 11.1. The van der Waals surface area contributed by atoms with Crippen molar-refractivity contribution in [1.82, 2.24) is 0 Å². The molecule has 0 fully saturated rings. The summed E-state index contributed by atoms with van der Waals surface area (Å²) in [7, 11) is -1.22. The molecule has 0 N–H and O–H groups in total. The lowest BCUT2D eigenvalue weighted by Crippen LogP contribution is -2.37. The second-order valence-electron chi connectivity index (χ2n) is 4.55. The Labute approximate surface area is 88.0 Å². The summed E-state index contributed by atoms with van der Waals surface area (Å²) >= 11 is 0. The largest absolute Gasteiger partial charge is 0.0985 e. The molecule has 1 aromatic carbocycles. The van der Waals surface area contributed by atoms with Crippen LogP contribution in [0.4, 0.5) is 0 Å². The fourth-order valence-corrected chi connectivity index (χ4v) is 2.54. The molecule has 0 unspecified atom stereocenters. The minimum absolute atomic E-state index is 1.19. The lowest BCUT2D eigenvalue weighted by atomic mass is 10.1. The Bertz CT molecular complexity index is 330. The number of benzene rings is 1. The highest BCUT2D eigenvalue weighted by molar-refractivity contribution is 6.88. The van der Waals surface area contributed by atoms with E-state index in [-0.39, 0.29) is 0 Å². The van der Waals surface area contributed by atoms with E-state index in [9.17, 15) is 0 Å². The van der Waals surface area contributed by atoms with Crippen molar-refractivity contribution in [3.8, 4) is 0 Å². The molecule has 0 bridgehead atoms. The van der Waals surface area contributed by atoms with E-state index in [1.54, 1.807) is 0 Å². The van der Waals surface area contributed by atoms with Gasteiger partial charge in [0.2, 0.25) is 0 Å². The lowest BCUT2D eigenvalue weighted by Gasteiger charge is -2.18. The first-order valence-corrected chi connectivity index (χ1v) is 8.38. The quantitative estimate of drug-likeness (QED) is 0.658. The van der Waals surface area contributed by atoms with E-state index < -0.39 is 8.07 Å². The molecule has 0 aliphatic rings. The smallest absolute Gasteiger partial charge is 0.0776 e. The molecular formula is C13H18Si. The summed E-state index contributed by atoms with van der Waals surface area (Å²) in [6, 6.07) is 6.60. The van der Waals surface area contributed by atoms with Crippen molar-refractivity contribution in [3.05, 3.63) is 42.5 Å². The predicted octanol–water partition coefficient (Wildman–Crippen LogP) is 3.52. The van der Waals surface area contributed by atoms with E-state index >= 15 is 0 Å². The van der Waals surface area contributed by atoms with Gasteiger partial charge in [-0.2, -0.15) is 0 Å². The molecule has 14 heavy (non-hydrogen) atoms. The van der Waals surface area contributed by atoms with Crippen LogP contribution >= 0.6 is 0 Å². The van der Waals surface area contributed by atoms with Gasteiger partial charge in [-0.25, -0.2) is 0 Å². The van der Waals surface area contributed by atoms with Crippen LogP contribution in [-0.4, -0.2) is 8.07 Å².